The van der Waals surface area contributed by atoms with E-state index < -0.39 is 11.5 Å². The Morgan fingerprint density at radius 1 is 1.71 bits per heavy atom. The van der Waals surface area contributed by atoms with Gasteiger partial charge in [0.1, 0.15) is 11.5 Å². The third kappa shape index (κ3) is 2.38. The van der Waals surface area contributed by atoms with Gasteiger partial charge in [-0.3, -0.25) is 4.79 Å². The third-order valence-electron chi connectivity index (χ3n) is 2.48. The molecule has 1 aliphatic rings. The Hall–Kier alpha value is -0.320. The molecule has 0 aromatic carbocycles. The van der Waals surface area contributed by atoms with Crippen molar-refractivity contribution in [2.24, 2.45) is 0 Å². The van der Waals surface area contributed by atoms with Gasteiger partial charge in [0.15, 0.2) is 0 Å². The molecule has 0 aliphatic carbocycles. The highest BCUT2D eigenvalue weighted by atomic mass is 35.5. The number of carbonyl (C=O) groups is 1. The van der Waals surface area contributed by atoms with E-state index in [1.165, 1.54) is 7.11 Å². The van der Waals surface area contributed by atoms with E-state index >= 15 is 0 Å². The highest BCUT2D eigenvalue weighted by molar-refractivity contribution is 6.30. The number of carbonyl (C=O) groups excluding carboxylic acids is 1. The maximum absolute atomic E-state index is 11.6. The molecule has 4 nitrogen and oxygen atoms in total. The van der Waals surface area contributed by atoms with Gasteiger partial charge in [-0.25, -0.2) is 0 Å². The van der Waals surface area contributed by atoms with Crippen LogP contribution in [0.25, 0.3) is 0 Å². The summed E-state index contributed by atoms with van der Waals surface area (Å²) in [5.74, 6) is -0.118. The predicted octanol–water partition coefficient (Wildman–Crippen LogP) is 0.222. The van der Waals surface area contributed by atoms with Crippen molar-refractivity contribution < 1.29 is 14.6 Å². The number of ether oxygens (including phenoxy) is 1. The van der Waals surface area contributed by atoms with Crippen LogP contribution in [0.3, 0.4) is 0 Å². The zero-order chi connectivity index (χ0) is 10.7. The number of aliphatic hydroxyl groups excluding tert-OH is 1. The van der Waals surface area contributed by atoms with Crippen molar-refractivity contribution in [2.45, 2.75) is 30.9 Å². The largest absolute Gasteiger partial charge is 0.388 e. The first-order valence-corrected chi connectivity index (χ1v) is 5.17. The van der Waals surface area contributed by atoms with Crippen LogP contribution in [0, 0.1) is 0 Å². The minimum Gasteiger partial charge on any atom is -0.388 e. The average molecular weight is 222 g/mol. The molecule has 0 saturated carbocycles. The van der Waals surface area contributed by atoms with E-state index in [9.17, 15) is 9.90 Å². The van der Waals surface area contributed by atoms with Gasteiger partial charge < -0.3 is 14.7 Å². The van der Waals surface area contributed by atoms with Crippen LogP contribution in [-0.4, -0.2) is 53.7 Å². The van der Waals surface area contributed by atoms with E-state index in [2.05, 4.69) is 0 Å². The number of alkyl halides is 1. The molecule has 1 aliphatic heterocycles. The zero-order valence-corrected chi connectivity index (χ0v) is 9.20. The highest BCUT2D eigenvalue weighted by Crippen LogP contribution is 2.16. The maximum Gasteiger partial charge on any atom is 0.240 e. The van der Waals surface area contributed by atoms with Crippen LogP contribution in [0.4, 0.5) is 0 Å². The first-order chi connectivity index (χ1) is 6.60. The first kappa shape index (κ1) is 11.8. The van der Waals surface area contributed by atoms with Crippen molar-refractivity contribution in [3.63, 3.8) is 0 Å². The van der Waals surface area contributed by atoms with Crippen LogP contribution < -0.4 is 0 Å². The van der Waals surface area contributed by atoms with Crippen LogP contribution in [0.1, 0.15) is 13.3 Å². The lowest BCUT2D eigenvalue weighted by molar-refractivity contribution is -0.130. The maximum atomic E-state index is 11.6. The Morgan fingerprint density at radius 3 is 2.79 bits per heavy atom. The van der Waals surface area contributed by atoms with Crippen LogP contribution in [0.2, 0.25) is 0 Å². The Balaban J connectivity index is 2.52. The minimum atomic E-state index is -0.593. The lowest BCUT2D eigenvalue weighted by Crippen LogP contribution is -2.35. The molecule has 0 bridgehead atoms. The van der Waals surface area contributed by atoms with Crippen molar-refractivity contribution in [3.8, 4) is 0 Å². The first-order valence-electron chi connectivity index (χ1n) is 4.73. The second-order valence-corrected chi connectivity index (χ2v) is 3.99. The SMILES string of the molecule is CC[C@H](Cl)C(=O)N1C[C@@H](O)[C@@H](OC)C1. The van der Waals surface area contributed by atoms with Crippen molar-refractivity contribution in [3.05, 3.63) is 0 Å². The Bertz CT molecular complexity index is 212. The van der Waals surface area contributed by atoms with Crippen LogP contribution in [0.15, 0.2) is 0 Å². The number of hydrogen-bond donors (Lipinski definition) is 1. The van der Waals surface area contributed by atoms with Gasteiger partial charge in [0.2, 0.25) is 5.91 Å². The zero-order valence-electron chi connectivity index (χ0n) is 8.44. The van der Waals surface area contributed by atoms with Gasteiger partial charge in [-0.05, 0) is 6.42 Å². The molecule has 1 N–H and O–H groups in total. The molecule has 1 heterocycles. The van der Waals surface area contributed by atoms with Crippen molar-refractivity contribution in [1.82, 2.24) is 4.90 Å². The molecule has 3 atom stereocenters. The molecule has 1 rings (SSSR count). The molecule has 5 heteroatoms. The monoisotopic (exact) mass is 221 g/mol. The van der Waals surface area contributed by atoms with Crippen molar-refractivity contribution in [1.29, 1.82) is 0 Å². The summed E-state index contributed by atoms with van der Waals surface area (Å²) in [5.41, 5.74) is 0. The normalized spacial score (nSPS) is 29.3. The third-order valence-corrected chi connectivity index (χ3v) is 2.97. The number of methoxy groups -OCH3 is 1. The summed E-state index contributed by atoms with van der Waals surface area (Å²) in [6, 6.07) is 0. The summed E-state index contributed by atoms with van der Waals surface area (Å²) in [5, 5.41) is 9.01. The number of amides is 1. The van der Waals surface area contributed by atoms with Crippen LogP contribution >= 0.6 is 11.6 Å². The smallest absolute Gasteiger partial charge is 0.240 e. The van der Waals surface area contributed by atoms with E-state index in [1.807, 2.05) is 6.92 Å². The second kappa shape index (κ2) is 4.96. The number of nitrogens with zero attached hydrogens (tertiary/aromatic N) is 1. The molecule has 1 amide bonds. The molecule has 82 valence electrons. The quantitative estimate of drug-likeness (QED) is 0.694. The van der Waals surface area contributed by atoms with Gasteiger partial charge in [-0.15, -0.1) is 11.6 Å². The summed E-state index contributed by atoms with van der Waals surface area (Å²) in [6.45, 7) is 2.61. The van der Waals surface area contributed by atoms with E-state index in [4.69, 9.17) is 16.3 Å². The van der Waals surface area contributed by atoms with E-state index in [0.717, 1.165) is 0 Å². The Kier molecular flexibility index (Phi) is 4.16. The summed E-state index contributed by atoms with van der Waals surface area (Å²) in [7, 11) is 1.53. The van der Waals surface area contributed by atoms with Crippen LogP contribution in [-0.2, 0) is 9.53 Å². The summed E-state index contributed by atoms with van der Waals surface area (Å²) in [6.07, 6.45) is -0.269. The van der Waals surface area contributed by atoms with Crippen LogP contribution in [0.5, 0.6) is 0 Å². The second-order valence-electron chi connectivity index (χ2n) is 3.46. The van der Waals surface area contributed by atoms with Crippen molar-refractivity contribution in [2.75, 3.05) is 20.2 Å². The van der Waals surface area contributed by atoms with Gasteiger partial charge in [0, 0.05) is 20.2 Å². The molecule has 0 aromatic rings. The minimum absolute atomic E-state index is 0.118. The van der Waals surface area contributed by atoms with E-state index in [-0.39, 0.29) is 12.0 Å². The van der Waals surface area contributed by atoms with E-state index in [0.29, 0.717) is 19.5 Å². The van der Waals surface area contributed by atoms with Crippen molar-refractivity contribution >= 4 is 17.5 Å². The summed E-state index contributed by atoms with van der Waals surface area (Å²) in [4.78, 5) is 13.2. The molecule has 0 aromatic heterocycles. The lowest BCUT2D eigenvalue weighted by Gasteiger charge is -2.18. The fourth-order valence-corrected chi connectivity index (χ4v) is 1.68. The summed E-state index contributed by atoms with van der Waals surface area (Å²) < 4.78 is 5.03. The standard InChI is InChI=1S/C9H16ClNO3/c1-3-6(10)9(13)11-4-7(12)8(5-11)14-2/h6-8,12H,3-5H2,1-2H3/t6-,7+,8-/m0/s1. The molecule has 14 heavy (non-hydrogen) atoms. The molecular formula is C9H16ClNO3. The molecule has 0 unspecified atom stereocenters. The van der Waals surface area contributed by atoms with Gasteiger partial charge in [0.25, 0.3) is 0 Å². The topological polar surface area (TPSA) is 49.8 Å². The highest BCUT2D eigenvalue weighted by Gasteiger charge is 2.35. The molecular weight excluding hydrogens is 206 g/mol. The number of hydrogen-bond acceptors (Lipinski definition) is 3. The number of β-amino-alcohol motifs (C(OH)–C–C–N with tert-alkyl or cyclic N) is 1. The van der Waals surface area contributed by atoms with Gasteiger partial charge in [0.05, 0.1) is 6.10 Å². The number of rotatable bonds is 3. The Morgan fingerprint density at radius 2 is 2.36 bits per heavy atom. The van der Waals surface area contributed by atoms with Gasteiger partial charge >= 0.3 is 0 Å². The fourth-order valence-electron chi connectivity index (χ4n) is 1.54. The lowest BCUT2D eigenvalue weighted by atomic mass is 10.3. The average Bonchev–Trinajstić information content (AvgIpc) is 2.57. The molecule has 0 radical (unpaired) electrons. The van der Waals surface area contributed by atoms with E-state index in [1.54, 1.807) is 4.90 Å². The number of aliphatic hydroxyl groups is 1. The van der Waals surface area contributed by atoms with Gasteiger partial charge in [-0.2, -0.15) is 0 Å². The number of likely N-dealkylation sites (tertiary alicyclic amines) is 1. The summed E-state index contributed by atoms with van der Waals surface area (Å²) >= 11 is 5.82. The Labute approximate surface area is 88.8 Å². The van der Waals surface area contributed by atoms with Gasteiger partial charge in [-0.1, -0.05) is 6.92 Å². The predicted molar refractivity (Wildman–Crippen MR) is 53.3 cm³/mol. The molecule has 1 saturated heterocycles. The number of halogens is 1. The molecule has 0 spiro atoms. The molecule has 1 fully saturated rings. The fraction of sp³-hybridized carbons (Fsp3) is 0.889.